The maximum absolute atomic E-state index is 15.4. The lowest BCUT2D eigenvalue weighted by molar-refractivity contribution is -0.153. The number of fused-ring (bicyclic) bond motifs is 1. The van der Waals surface area contributed by atoms with Crippen LogP contribution in [0.15, 0.2) is 15.0 Å². The number of nitrogens with one attached hydrogen (secondary N) is 1. The average Bonchev–Trinajstić information content (AvgIpc) is 3.17. The van der Waals surface area contributed by atoms with E-state index in [-0.39, 0.29) is 18.5 Å². The third-order valence-electron chi connectivity index (χ3n) is 5.37. The Balaban J connectivity index is 1.73. The van der Waals surface area contributed by atoms with Gasteiger partial charge in [-0.3, -0.25) is 14.8 Å². The second kappa shape index (κ2) is 7.84. The van der Waals surface area contributed by atoms with E-state index in [9.17, 15) is 9.90 Å². The molecule has 3 rings (SSSR count). The minimum atomic E-state index is -2.18. The molecule has 0 radical (unpaired) electrons. The summed E-state index contributed by atoms with van der Waals surface area (Å²) >= 11 is 0. The van der Waals surface area contributed by atoms with Crippen LogP contribution in [0.25, 0.3) is 0 Å². The van der Waals surface area contributed by atoms with Gasteiger partial charge in [-0.1, -0.05) is 13.8 Å². The largest absolute Gasteiger partial charge is 0.462 e. The Morgan fingerprint density at radius 2 is 2.28 bits per heavy atom. The van der Waals surface area contributed by atoms with E-state index < -0.39 is 48.3 Å². The molecule has 1 saturated heterocycles. The van der Waals surface area contributed by atoms with Crippen molar-refractivity contribution in [3.8, 4) is 0 Å². The first-order valence-corrected chi connectivity index (χ1v) is 9.40. The number of carbonyl (C=O) groups excluding carboxylic acids is 1. The van der Waals surface area contributed by atoms with E-state index in [1.54, 1.807) is 20.9 Å². The number of ether oxygens (including phenoxy) is 2. The quantitative estimate of drug-likeness (QED) is 0.388. The Bertz CT molecular complexity index is 741. The van der Waals surface area contributed by atoms with Gasteiger partial charge in [-0.15, -0.1) is 0 Å². The molecule has 7 atom stereocenters. The van der Waals surface area contributed by atoms with Crippen molar-refractivity contribution in [2.45, 2.75) is 63.1 Å². The van der Waals surface area contributed by atoms with Crippen LogP contribution < -0.4 is 16.8 Å². The summed E-state index contributed by atoms with van der Waals surface area (Å²) < 4.78 is 26.3. The maximum Gasteiger partial charge on any atom is 0.323 e. The fourth-order valence-corrected chi connectivity index (χ4v) is 3.48. The van der Waals surface area contributed by atoms with E-state index in [4.69, 9.17) is 20.9 Å². The number of hydrogen-bond acceptors (Lipinski definition) is 10. The van der Waals surface area contributed by atoms with Crippen molar-refractivity contribution in [1.82, 2.24) is 10.2 Å². The topological polar surface area (TPSA) is 160 Å². The van der Waals surface area contributed by atoms with Gasteiger partial charge in [-0.25, -0.2) is 9.38 Å². The number of esters is 1. The summed E-state index contributed by atoms with van der Waals surface area (Å²) in [6.45, 7) is 4.45. The zero-order valence-corrected chi connectivity index (χ0v) is 16.8. The van der Waals surface area contributed by atoms with Crippen molar-refractivity contribution in [2.75, 3.05) is 13.7 Å². The van der Waals surface area contributed by atoms with Crippen molar-refractivity contribution in [3.05, 3.63) is 0 Å². The third kappa shape index (κ3) is 3.79. The second-order valence-corrected chi connectivity index (χ2v) is 7.84. The number of guanidine groups is 1. The highest BCUT2D eigenvalue weighted by Gasteiger charge is 2.59. The number of aliphatic imine (C=N–C) groups is 3. The van der Waals surface area contributed by atoms with Crippen LogP contribution in [0.2, 0.25) is 0 Å². The Hall–Kier alpha value is -2.31. The van der Waals surface area contributed by atoms with Gasteiger partial charge in [0, 0.05) is 7.05 Å². The average molecular weight is 413 g/mol. The summed E-state index contributed by atoms with van der Waals surface area (Å²) in [5.74, 6) is -0.142. The lowest BCUT2D eigenvalue weighted by Crippen LogP contribution is -2.58. The molecule has 3 heterocycles. The fourth-order valence-electron chi connectivity index (χ4n) is 3.48. The minimum absolute atomic E-state index is 0.119. The molecule has 0 aliphatic carbocycles. The van der Waals surface area contributed by atoms with Crippen LogP contribution in [-0.4, -0.2) is 90.1 Å². The van der Waals surface area contributed by atoms with E-state index in [0.29, 0.717) is 5.84 Å². The molecule has 3 aliphatic rings. The Morgan fingerprint density at radius 1 is 1.59 bits per heavy atom. The number of amidine groups is 1. The number of nitrogens with zero attached hydrogens (tertiary/aromatic N) is 4. The van der Waals surface area contributed by atoms with Gasteiger partial charge < -0.3 is 36.3 Å². The summed E-state index contributed by atoms with van der Waals surface area (Å²) in [5.41, 5.74) is 9.36. The first-order valence-electron chi connectivity index (χ1n) is 9.40. The van der Waals surface area contributed by atoms with E-state index in [1.807, 2.05) is 0 Å². The van der Waals surface area contributed by atoms with Crippen LogP contribution in [0.1, 0.15) is 20.8 Å². The fraction of sp³-hybridized carbons (Fsp3) is 0.765. The molecule has 0 bridgehead atoms. The summed E-state index contributed by atoms with van der Waals surface area (Å²) in [4.78, 5) is 26.1. The lowest BCUT2D eigenvalue weighted by Gasteiger charge is -2.36. The number of carbonyl (C=O) groups is 1. The van der Waals surface area contributed by atoms with Gasteiger partial charge in [0.05, 0.1) is 6.34 Å². The molecule has 0 aromatic rings. The number of aliphatic hydroxyl groups is 1. The molecule has 12 heteroatoms. The standard InChI is InChI=1S/C17H28FN7O4/c1-7(2)9(19)14(27)28-5-8-11(26)17(3,18)15(29-8)25-6-22-10-12(21-4)23-16(20)24-13(10)25/h6-11,13,15,26H,5,19H2,1-4H3,(H3,20,21,23,24)/t8-,9+,10?,11-,13?,15-,17-/m1/s1. The normalized spacial score (nSPS) is 38.8. The molecule has 3 aliphatic heterocycles. The Labute approximate surface area is 168 Å². The molecule has 6 N–H and O–H groups in total. The van der Waals surface area contributed by atoms with Gasteiger partial charge in [-0.2, -0.15) is 0 Å². The zero-order valence-electron chi connectivity index (χ0n) is 16.8. The molecule has 0 saturated carbocycles. The number of hydrogen-bond donors (Lipinski definition) is 4. The highest BCUT2D eigenvalue weighted by atomic mass is 19.1. The zero-order chi connectivity index (χ0) is 21.5. The third-order valence-corrected chi connectivity index (χ3v) is 5.37. The first kappa shape index (κ1) is 21.4. The molecule has 29 heavy (non-hydrogen) atoms. The molecule has 0 amide bonds. The first-order chi connectivity index (χ1) is 13.6. The van der Waals surface area contributed by atoms with Crippen LogP contribution in [0.5, 0.6) is 0 Å². The van der Waals surface area contributed by atoms with E-state index >= 15 is 4.39 Å². The second-order valence-electron chi connectivity index (χ2n) is 7.84. The molecule has 1 fully saturated rings. The predicted molar refractivity (Wildman–Crippen MR) is 104 cm³/mol. The predicted octanol–water partition coefficient (Wildman–Crippen LogP) is -1.69. The molecule has 2 unspecified atom stereocenters. The molecule has 0 aromatic heterocycles. The summed E-state index contributed by atoms with van der Waals surface area (Å²) in [6, 6.07) is -1.31. The lowest BCUT2D eigenvalue weighted by atomic mass is 9.97. The Kier molecular flexibility index (Phi) is 5.79. The Morgan fingerprint density at radius 3 is 2.90 bits per heavy atom. The molecule has 0 aromatic carbocycles. The van der Waals surface area contributed by atoms with E-state index in [1.165, 1.54) is 18.2 Å². The van der Waals surface area contributed by atoms with Crippen LogP contribution >= 0.6 is 0 Å². The number of halogens is 1. The van der Waals surface area contributed by atoms with Gasteiger partial charge in [-0.05, 0) is 12.8 Å². The number of alkyl halides is 1. The van der Waals surface area contributed by atoms with E-state index in [0.717, 1.165) is 0 Å². The van der Waals surface area contributed by atoms with Crippen molar-refractivity contribution in [2.24, 2.45) is 32.4 Å². The van der Waals surface area contributed by atoms with Crippen molar-refractivity contribution < 1.29 is 23.8 Å². The van der Waals surface area contributed by atoms with Gasteiger partial charge in [0.2, 0.25) is 0 Å². The van der Waals surface area contributed by atoms with Crippen LogP contribution in [0.4, 0.5) is 4.39 Å². The number of nitrogens with two attached hydrogens (primary N) is 2. The maximum atomic E-state index is 15.4. The molecular weight excluding hydrogens is 385 g/mol. The van der Waals surface area contributed by atoms with Crippen molar-refractivity contribution in [3.63, 3.8) is 0 Å². The molecule has 0 spiro atoms. The van der Waals surface area contributed by atoms with Gasteiger partial charge in [0.1, 0.15) is 36.7 Å². The smallest absolute Gasteiger partial charge is 0.323 e. The number of aliphatic hydroxyl groups excluding tert-OH is 1. The SMILES string of the molecule is CN=C1NC(N)=NC2C1N=CN2[C@@H]1O[C@H](COC(=O)[C@@H](N)C(C)C)[C@@H](O)[C@@]1(C)F. The van der Waals surface area contributed by atoms with Gasteiger partial charge in [0.15, 0.2) is 24.0 Å². The van der Waals surface area contributed by atoms with Gasteiger partial charge in [0.25, 0.3) is 0 Å². The monoisotopic (exact) mass is 413 g/mol. The summed E-state index contributed by atoms with van der Waals surface area (Å²) in [6.07, 6.45) is -3.09. The van der Waals surface area contributed by atoms with Crippen molar-refractivity contribution in [1.29, 1.82) is 0 Å². The summed E-state index contributed by atoms with van der Waals surface area (Å²) in [7, 11) is 1.58. The highest BCUT2D eigenvalue weighted by molar-refractivity contribution is 6.05. The minimum Gasteiger partial charge on any atom is -0.462 e. The summed E-state index contributed by atoms with van der Waals surface area (Å²) in [5, 5.41) is 13.3. The number of rotatable bonds is 5. The molecular formula is C17H28FN7O4. The molecule has 162 valence electrons. The molecule has 11 nitrogen and oxygen atoms in total. The highest BCUT2D eigenvalue weighted by Crippen LogP contribution is 2.39. The van der Waals surface area contributed by atoms with Crippen molar-refractivity contribution >= 4 is 24.1 Å². The van der Waals surface area contributed by atoms with Crippen LogP contribution in [0.3, 0.4) is 0 Å². The van der Waals surface area contributed by atoms with Crippen LogP contribution in [-0.2, 0) is 14.3 Å². The van der Waals surface area contributed by atoms with E-state index in [2.05, 4.69) is 20.3 Å². The van der Waals surface area contributed by atoms with Gasteiger partial charge >= 0.3 is 5.97 Å². The van der Waals surface area contributed by atoms with Crippen LogP contribution in [0, 0.1) is 5.92 Å².